The van der Waals surface area contributed by atoms with Crippen LogP contribution < -0.4 is 10.1 Å². The number of methoxy groups -OCH3 is 1. The molecular formula is C16H16FNO3. The number of anilines is 1. The van der Waals surface area contributed by atoms with Crippen molar-refractivity contribution in [2.75, 3.05) is 12.4 Å². The lowest BCUT2D eigenvalue weighted by atomic mass is 10.1. The van der Waals surface area contributed by atoms with E-state index < -0.39 is 11.7 Å². The first-order valence-electron chi connectivity index (χ1n) is 6.37. The highest BCUT2D eigenvalue weighted by Crippen LogP contribution is 2.26. The van der Waals surface area contributed by atoms with Crippen LogP contribution in [0.4, 0.5) is 10.1 Å². The second-order valence-electron chi connectivity index (χ2n) is 4.79. The number of amides is 1. The topological polar surface area (TPSA) is 58.6 Å². The Morgan fingerprint density at radius 2 is 1.76 bits per heavy atom. The minimum absolute atomic E-state index is 0.162. The first-order chi connectivity index (χ1) is 9.90. The lowest BCUT2D eigenvalue weighted by Crippen LogP contribution is -2.12. The maximum atomic E-state index is 13.4. The smallest absolute Gasteiger partial charge is 0.255 e. The molecule has 0 unspecified atom stereocenters. The summed E-state index contributed by atoms with van der Waals surface area (Å²) in [5.74, 6) is -0.520. The minimum Gasteiger partial charge on any atom is -0.507 e. The number of halogens is 1. The first kappa shape index (κ1) is 14.8. The third kappa shape index (κ3) is 3.31. The van der Waals surface area contributed by atoms with Crippen molar-refractivity contribution in [3.63, 3.8) is 0 Å². The van der Waals surface area contributed by atoms with Crippen LogP contribution in [-0.2, 0) is 0 Å². The Kier molecular flexibility index (Phi) is 4.12. The van der Waals surface area contributed by atoms with Crippen molar-refractivity contribution in [1.29, 1.82) is 0 Å². The maximum absolute atomic E-state index is 13.4. The molecule has 0 heterocycles. The van der Waals surface area contributed by atoms with E-state index in [0.29, 0.717) is 16.8 Å². The predicted molar refractivity (Wildman–Crippen MR) is 78.5 cm³/mol. The summed E-state index contributed by atoms with van der Waals surface area (Å²) in [6, 6.07) is 7.09. The number of carbonyl (C=O) groups excluding carboxylic acids is 1. The van der Waals surface area contributed by atoms with Gasteiger partial charge >= 0.3 is 0 Å². The molecule has 0 saturated heterocycles. The molecule has 0 radical (unpaired) electrons. The van der Waals surface area contributed by atoms with Crippen molar-refractivity contribution in [3.8, 4) is 11.5 Å². The summed E-state index contributed by atoms with van der Waals surface area (Å²) >= 11 is 0. The molecule has 0 saturated carbocycles. The van der Waals surface area contributed by atoms with Gasteiger partial charge in [0.05, 0.1) is 7.11 Å². The summed E-state index contributed by atoms with van der Waals surface area (Å²) in [7, 11) is 1.41. The van der Waals surface area contributed by atoms with Crippen LogP contribution in [0, 0.1) is 19.7 Å². The van der Waals surface area contributed by atoms with E-state index in [9.17, 15) is 14.3 Å². The van der Waals surface area contributed by atoms with Crippen LogP contribution in [0.5, 0.6) is 11.5 Å². The molecule has 2 aromatic rings. The zero-order chi connectivity index (χ0) is 15.6. The van der Waals surface area contributed by atoms with E-state index in [0.717, 1.165) is 6.07 Å². The molecule has 0 bridgehead atoms. The number of aromatic hydroxyl groups is 1. The van der Waals surface area contributed by atoms with E-state index in [1.165, 1.54) is 19.2 Å². The SMILES string of the molecule is COc1cc(F)cc(C(=O)Nc2cc(C)c(O)c(C)c2)c1. The second-order valence-corrected chi connectivity index (χ2v) is 4.79. The van der Waals surface area contributed by atoms with Crippen molar-refractivity contribution in [2.24, 2.45) is 0 Å². The fourth-order valence-corrected chi connectivity index (χ4v) is 2.04. The number of benzene rings is 2. The van der Waals surface area contributed by atoms with Gasteiger partial charge in [-0.05, 0) is 49.2 Å². The van der Waals surface area contributed by atoms with Crippen LogP contribution in [-0.4, -0.2) is 18.1 Å². The quantitative estimate of drug-likeness (QED) is 0.851. The number of phenolic OH excluding ortho intramolecular Hbond substituents is 1. The van der Waals surface area contributed by atoms with E-state index in [1.807, 2.05) is 0 Å². The van der Waals surface area contributed by atoms with Gasteiger partial charge in [-0.15, -0.1) is 0 Å². The lowest BCUT2D eigenvalue weighted by Gasteiger charge is -2.10. The number of carbonyl (C=O) groups is 1. The molecule has 4 nitrogen and oxygen atoms in total. The molecular weight excluding hydrogens is 273 g/mol. The monoisotopic (exact) mass is 289 g/mol. The summed E-state index contributed by atoms with van der Waals surface area (Å²) in [5.41, 5.74) is 2.01. The summed E-state index contributed by atoms with van der Waals surface area (Å²) in [6.45, 7) is 3.48. The predicted octanol–water partition coefficient (Wildman–Crippen LogP) is 3.41. The fourth-order valence-electron chi connectivity index (χ4n) is 2.04. The van der Waals surface area contributed by atoms with Gasteiger partial charge in [0.1, 0.15) is 17.3 Å². The van der Waals surface area contributed by atoms with Crippen molar-refractivity contribution < 1.29 is 19.0 Å². The summed E-state index contributed by atoms with van der Waals surface area (Å²) in [6.07, 6.45) is 0. The standard InChI is InChI=1S/C16H16FNO3/c1-9-4-13(5-10(2)15(9)19)18-16(20)11-6-12(17)8-14(7-11)21-3/h4-8,19H,1-3H3,(H,18,20). The Balaban J connectivity index is 2.28. The number of nitrogens with one attached hydrogen (secondary N) is 1. The largest absolute Gasteiger partial charge is 0.507 e. The number of ether oxygens (including phenoxy) is 1. The van der Waals surface area contributed by atoms with Gasteiger partial charge in [-0.3, -0.25) is 4.79 Å². The molecule has 0 atom stereocenters. The average molecular weight is 289 g/mol. The van der Waals surface area contributed by atoms with Crippen molar-refractivity contribution in [1.82, 2.24) is 0 Å². The third-order valence-electron chi connectivity index (χ3n) is 3.12. The van der Waals surface area contributed by atoms with Crippen LogP contribution in [0.25, 0.3) is 0 Å². The van der Waals surface area contributed by atoms with Gasteiger partial charge in [0.2, 0.25) is 0 Å². The fraction of sp³-hybridized carbons (Fsp3) is 0.188. The normalized spacial score (nSPS) is 10.3. The molecule has 21 heavy (non-hydrogen) atoms. The molecule has 1 amide bonds. The highest BCUT2D eigenvalue weighted by Gasteiger charge is 2.11. The van der Waals surface area contributed by atoms with Crippen LogP contribution in [0.2, 0.25) is 0 Å². The minimum atomic E-state index is -0.544. The van der Waals surface area contributed by atoms with Gasteiger partial charge in [0, 0.05) is 17.3 Å². The molecule has 0 aromatic heterocycles. The van der Waals surface area contributed by atoms with Gasteiger partial charge in [0.15, 0.2) is 0 Å². The number of rotatable bonds is 3. The zero-order valence-electron chi connectivity index (χ0n) is 12.0. The molecule has 0 spiro atoms. The Morgan fingerprint density at radius 3 is 2.33 bits per heavy atom. The Hall–Kier alpha value is -2.56. The van der Waals surface area contributed by atoms with Gasteiger partial charge in [-0.2, -0.15) is 0 Å². The molecule has 0 aliphatic rings. The third-order valence-corrected chi connectivity index (χ3v) is 3.12. The summed E-state index contributed by atoms with van der Waals surface area (Å²) in [5, 5.41) is 12.4. The van der Waals surface area contributed by atoms with Gasteiger partial charge in [0.25, 0.3) is 5.91 Å². The van der Waals surface area contributed by atoms with Crippen molar-refractivity contribution in [2.45, 2.75) is 13.8 Å². The maximum Gasteiger partial charge on any atom is 0.255 e. The van der Waals surface area contributed by atoms with Gasteiger partial charge in [-0.25, -0.2) is 4.39 Å². The molecule has 0 aliphatic carbocycles. The van der Waals surface area contributed by atoms with Gasteiger partial charge in [-0.1, -0.05) is 0 Å². The Labute approximate surface area is 122 Å². The number of hydrogen-bond donors (Lipinski definition) is 2. The van der Waals surface area contributed by atoms with Crippen molar-refractivity contribution in [3.05, 3.63) is 52.8 Å². The van der Waals surface area contributed by atoms with E-state index in [-0.39, 0.29) is 17.1 Å². The van der Waals surface area contributed by atoms with E-state index >= 15 is 0 Å². The Bertz CT molecular complexity index is 675. The summed E-state index contributed by atoms with van der Waals surface area (Å²) in [4.78, 5) is 12.1. The molecule has 5 heteroatoms. The van der Waals surface area contributed by atoms with E-state index in [1.54, 1.807) is 26.0 Å². The molecule has 0 fully saturated rings. The van der Waals surface area contributed by atoms with E-state index in [2.05, 4.69) is 5.32 Å². The lowest BCUT2D eigenvalue weighted by molar-refractivity contribution is 0.102. The number of hydrogen-bond acceptors (Lipinski definition) is 3. The molecule has 2 N–H and O–H groups in total. The average Bonchev–Trinajstić information content (AvgIpc) is 2.43. The highest BCUT2D eigenvalue weighted by atomic mass is 19.1. The second kappa shape index (κ2) is 5.83. The number of aryl methyl sites for hydroxylation is 2. The van der Waals surface area contributed by atoms with Crippen LogP contribution >= 0.6 is 0 Å². The zero-order valence-corrected chi connectivity index (χ0v) is 12.0. The van der Waals surface area contributed by atoms with Crippen LogP contribution in [0.15, 0.2) is 30.3 Å². The summed E-state index contributed by atoms with van der Waals surface area (Å²) < 4.78 is 18.3. The highest BCUT2D eigenvalue weighted by molar-refractivity contribution is 6.04. The van der Waals surface area contributed by atoms with E-state index in [4.69, 9.17) is 4.74 Å². The molecule has 2 rings (SSSR count). The number of phenols is 1. The molecule has 2 aromatic carbocycles. The van der Waals surface area contributed by atoms with Crippen LogP contribution in [0.1, 0.15) is 21.5 Å². The Morgan fingerprint density at radius 1 is 1.14 bits per heavy atom. The van der Waals surface area contributed by atoms with Gasteiger partial charge < -0.3 is 15.2 Å². The molecule has 0 aliphatic heterocycles. The molecule has 110 valence electrons. The van der Waals surface area contributed by atoms with Crippen molar-refractivity contribution >= 4 is 11.6 Å². The first-order valence-corrected chi connectivity index (χ1v) is 6.37. The van der Waals surface area contributed by atoms with Crippen LogP contribution in [0.3, 0.4) is 0 Å².